The Morgan fingerprint density at radius 2 is 2.00 bits per heavy atom. The van der Waals surface area contributed by atoms with Crippen LogP contribution in [-0.4, -0.2) is 35.6 Å². The molecule has 3 nitrogen and oxygen atoms in total. The number of halogens is 1. The summed E-state index contributed by atoms with van der Waals surface area (Å²) in [6.07, 6.45) is 1.82. The second-order valence-electron chi connectivity index (χ2n) is 4.70. The van der Waals surface area contributed by atoms with Crippen molar-refractivity contribution in [2.75, 3.05) is 19.7 Å². The molecule has 98 valence electrons. The highest BCUT2D eigenvalue weighted by atomic mass is 79.9. The van der Waals surface area contributed by atoms with Gasteiger partial charge in [0.2, 0.25) is 5.91 Å². The zero-order valence-electron chi connectivity index (χ0n) is 10.5. The smallest absolute Gasteiger partial charge is 0.233 e. The summed E-state index contributed by atoms with van der Waals surface area (Å²) in [5.74, 6) is 0.154. The molecule has 18 heavy (non-hydrogen) atoms. The minimum Gasteiger partial charge on any atom is -0.395 e. The molecule has 0 radical (unpaired) electrons. The first-order valence-corrected chi connectivity index (χ1v) is 7.09. The summed E-state index contributed by atoms with van der Waals surface area (Å²) in [7, 11) is 0. The molecule has 0 unspecified atom stereocenters. The normalized spacial score (nSPS) is 16.4. The van der Waals surface area contributed by atoms with Crippen LogP contribution in [0, 0.1) is 0 Å². The van der Waals surface area contributed by atoms with Crippen molar-refractivity contribution < 1.29 is 9.90 Å². The second kappa shape index (κ2) is 5.41. The van der Waals surface area contributed by atoms with Gasteiger partial charge in [0, 0.05) is 17.6 Å². The van der Waals surface area contributed by atoms with E-state index in [9.17, 15) is 4.79 Å². The molecule has 1 amide bonds. The van der Waals surface area contributed by atoms with Crippen molar-refractivity contribution in [1.29, 1.82) is 0 Å². The average molecular weight is 312 g/mol. The van der Waals surface area contributed by atoms with Crippen molar-refractivity contribution in [3.63, 3.8) is 0 Å². The first-order chi connectivity index (χ1) is 8.64. The Morgan fingerprint density at radius 1 is 1.39 bits per heavy atom. The maximum Gasteiger partial charge on any atom is 0.233 e. The van der Waals surface area contributed by atoms with Gasteiger partial charge in [0.1, 0.15) is 0 Å². The van der Waals surface area contributed by atoms with E-state index in [1.165, 1.54) is 0 Å². The molecule has 1 fully saturated rings. The molecule has 0 aliphatic heterocycles. The van der Waals surface area contributed by atoms with E-state index in [1.807, 2.05) is 31.2 Å². The SMILES string of the molecule is CCN(CCO)C(=O)C1(c2ccc(Br)cc2)CC1. The lowest BCUT2D eigenvalue weighted by atomic mass is 9.94. The minimum atomic E-state index is -0.327. The first-order valence-electron chi connectivity index (χ1n) is 6.30. The highest BCUT2D eigenvalue weighted by Gasteiger charge is 2.52. The molecule has 0 bridgehead atoms. The molecule has 1 saturated carbocycles. The molecule has 1 N–H and O–H groups in total. The second-order valence-corrected chi connectivity index (χ2v) is 5.61. The highest BCUT2D eigenvalue weighted by Crippen LogP contribution is 2.49. The molecule has 0 heterocycles. The van der Waals surface area contributed by atoms with Crippen LogP contribution in [0.5, 0.6) is 0 Å². The fraction of sp³-hybridized carbons (Fsp3) is 0.500. The fourth-order valence-corrected chi connectivity index (χ4v) is 2.61. The van der Waals surface area contributed by atoms with Crippen LogP contribution >= 0.6 is 15.9 Å². The summed E-state index contributed by atoms with van der Waals surface area (Å²) >= 11 is 3.41. The molecule has 0 aromatic heterocycles. The van der Waals surface area contributed by atoms with Gasteiger partial charge in [0.15, 0.2) is 0 Å². The number of likely N-dealkylation sites (N-methyl/N-ethyl adjacent to an activating group) is 1. The van der Waals surface area contributed by atoms with Gasteiger partial charge in [-0.25, -0.2) is 0 Å². The molecule has 0 saturated heterocycles. The van der Waals surface area contributed by atoms with Crippen LogP contribution in [0.2, 0.25) is 0 Å². The van der Waals surface area contributed by atoms with Crippen molar-refractivity contribution in [3.8, 4) is 0 Å². The van der Waals surface area contributed by atoms with E-state index in [0.717, 1.165) is 22.9 Å². The van der Waals surface area contributed by atoms with Gasteiger partial charge >= 0.3 is 0 Å². The summed E-state index contributed by atoms with van der Waals surface area (Å²) in [6.45, 7) is 3.05. The van der Waals surface area contributed by atoms with E-state index in [4.69, 9.17) is 5.11 Å². The molecule has 1 aliphatic carbocycles. The van der Waals surface area contributed by atoms with Gasteiger partial charge in [-0.15, -0.1) is 0 Å². The van der Waals surface area contributed by atoms with Crippen molar-refractivity contribution in [1.82, 2.24) is 4.90 Å². The summed E-state index contributed by atoms with van der Waals surface area (Å²) < 4.78 is 1.03. The topological polar surface area (TPSA) is 40.5 Å². The quantitative estimate of drug-likeness (QED) is 0.906. The van der Waals surface area contributed by atoms with Crippen molar-refractivity contribution >= 4 is 21.8 Å². The molecular formula is C14H18BrNO2. The Kier molecular flexibility index (Phi) is 4.07. The maximum absolute atomic E-state index is 12.5. The number of aliphatic hydroxyl groups is 1. The predicted octanol–water partition coefficient (Wildman–Crippen LogP) is 2.32. The number of benzene rings is 1. The number of nitrogens with zero attached hydrogens (tertiary/aromatic N) is 1. The maximum atomic E-state index is 12.5. The standard InChI is InChI=1S/C14H18BrNO2/c1-2-16(9-10-17)13(18)14(7-8-14)11-3-5-12(15)6-4-11/h3-6,17H,2,7-10H2,1H3. The zero-order valence-corrected chi connectivity index (χ0v) is 12.1. The monoisotopic (exact) mass is 311 g/mol. The molecular weight excluding hydrogens is 294 g/mol. The van der Waals surface area contributed by atoms with Crippen molar-refractivity contribution in [3.05, 3.63) is 34.3 Å². The number of carbonyl (C=O) groups is 1. The van der Waals surface area contributed by atoms with Crippen LogP contribution in [0.25, 0.3) is 0 Å². The fourth-order valence-electron chi connectivity index (χ4n) is 2.35. The van der Waals surface area contributed by atoms with Crippen LogP contribution in [0.15, 0.2) is 28.7 Å². The van der Waals surface area contributed by atoms with Gasteiger partial charge < -0.3 is 10.0 Å². The van der Waals surface area contributed by atoms with E-state index in [-0.39, 0.29) is 17.9 Å². The third-order valence-electron chi connectivity index (χ3n) is 3.60. The summed E-state index contributed by atoms with van der Waals surface area (Å²) in [5, 5.41) is 9.01. The third kappa shape index (κ3) is 2.45. The van der Waals surface area contributed by atoms with E-state index < -0.39 is 0 Å². The Bertz CT molecular complexity index is 426. The largest absolute Gasteiger partial charge is 0.395 e. The summed E-state index contributed by atoms with van der Waals surface area (Å²) in [6, 6.07) is 7.99. The van der Waals surface area contributed by atoms with Crippen LogP contribution in [0.1, 0.15) is 25.3 Å². The molecule has 0 atom stereocenters. The van der Waals surface area contributed by atoms with Gasteiger partial charge in [0.25, 0.3) is 0 Å². The lowest BCUT2D eigenvalue weighted by Crippen LogP contribution is -2.40. The van der Waals surface area contributed by atoms with E-state index >= 15 is 0 Å². The molecule has 1 aromatic carbocycles. The summed E-state index contributed by atoms with van der Waals surface area (Å²) in [4.78, 5) is 14.3. The van der Waals surface area contributed by atoms with Gasteiger partial charge in [-0.1, -0.05) is 28.1 Å². The lowest BCUT2D eigenvalue weighted by Gasteiger charge is -2.26. The van der Waals surface area contributed by atoms with E-state index in [2.05, 4.69) is 15.9 Å². The molecule has 0 spiro atoms. The van der Waals surface area contributed by atoms with Gasteiger partial charge in [0.05, 0.1) is 12.0 Å². The predicted molar refractivity (Wildman–Crippen MR) is 74.4 cm³/mol. The van der Waals surface area contributed by atoms with E-state index in [0.29, 0.717) is 13.1 Å². The number of rotatable bonds is 5. The minimum absolute atomic E-state index is 0.0238. The Labute approximate surface area is 116 Å². The highest BCUT2D eigenvalue weighted by molar-refractivity contribution is 9.10. The van der Waals surface area contributed by atoms with Crippen LogP contribution in [0.3, 0.4) is 0 Å². The number of aliphatic hydroxyl groups excluding tert-OH is 1. The van der Waals surface area contributed by atoms with Crippen LogP contribution in [-0.2, 0) is 10.2 Å². The molecule has 1 aromatic rings. The van der Waals surface area contributed by atoms with Crippen molar-refractivity contribution in [2.24, 2.45) is 0 Å². The van der Waals surface area contributed by atoms with E-state index in [1.54, 1.807) is 4.90 Å². The number of carbonyl (C=O) groups excluding carboxylic acids is 1. The Hall–Kier alpha value is -0.870. The average Bonchev–Trinajstić information content (AvgIpc) is 3.17. The number of hydrogen-bond acceptors (Lipinski definition) is 2. The Morgan fingerprint density at radius 3 is 2.44 bits per heavy atom. The number of amides is 1. The first kappa shape index (κ1) is 13.6. The zero-order chi connectivity index (χ0) is 13.2. The van der Waals surface area contributed by atoms with Gasteiger partial charge in [-0.05, 0) is 37.5 Å². The number of hydrogen-bond donors (Lipinski definition) is 1. The third-order valence-corrected chi connectivity index (χ3v) is 4.12. The molecule has 2 rings (SSSR count). The lowest BCUT2D eigenvalue weighted by molar-refractivity contribution is -0.134. The van der Waals surface area contributed by atoms with Gasteiger partial charge in [-0.2, -0.15) is 0 Å². The Balaban J connectivity index is 2.20. The van der Waals surface area contributed by atoms with Crippen LogP contribution < -0.4 is 0 Å². The molecule has 1 aliphatic rings. The van der Waals surface area contributed by atoms with Crippen molar-refractivity contribution in [2.45, 2.75) is 25.2 Å². The summed E-state index contributed by atoms with van der Waals surface area (Å²) in [5.41, 5.74) is 0.762. The van der Waals surface area contributed by atoms with Crippen LogP contribution in [0.4, 0.5) is 0 Å². The molecule has 4 heteroatoms. The van der Waals surface area contributed by atoms with Gasteiger partial charge in [-0.3, -0.25) is 4.79 Å².